The Morgan fingerprint density at radius 2 is 1.84 bits per heavy atom. The molecule has 0 unspecified atom stereocenters. The minimum atomic E-state index is -0.477. The summed E-state index contributed by atoms with van der Waals surface area (Å²) in [6.07, 6.45) is 4.90. The lowest BCUT2D eigenvalue weighted by molar-refractivity contribution is 0.0205. The van der Waals surface area contributed by atoms with Gasteiger partial charge in [-0.05, 0) is 83.1 Å². The molecule has 2 aromatic heterocycles. The van der Waals surface area contributed by atoms with Gasteiger partial charge in [-0.1, -0.05) is 0 Å². The van der Waals surface area contributed by atoms with Gasteiger partial charge >= 0.3 is 6.09 Å². The number of aryl methyl sites for hydroxylation is 2. The molecule has 0 spiro atoms. The van der Waals surface area contributed by atoms with Gasteiger partial charge in [-0.2, -0.15) is 5.10 Å². The van der Waals surface area contributed by atoms with E-state index in [1.165, 1.54) is 11.1 Å². The number of nitrogens with zero attached hydrogens (tertiary/aromatic N) is 6. The molecular weight excluding hydrogens is 468 g/mol. The van der Waals surface area contributed by atoms with Crippen LogP contribution in [0.5, 0.6) is 0 Å². The van der Waals surface area contributed by atoms with E-state index >= 15 is 0 Å². The molecule has 5 heterocycles. The molecule has 2 bridgehead atoms. The van der Waals surface area contributed by atoms with Crippen molar-refractivity contribution in [2.24, 2.45) is 0 Å². The maximum absolute atomic E-state index is 12.5. The molecule has 3 aliphatic heterocycles. The van der Waals surface area contributed by atoms with Crippen LogP contribution in [0.1, 0.15) is 62.9 Å². The van der Waals surface area contributed by atoms with E-state index in [9.17, 15) is 4.79 Å². The minimum absolute atomic E-state index is 0.219. The van der Waals surface area contributed by atoms with Crippen molar-refractivity contribution in [3.63, 3.8) is 0 Å². The van der Waals surface area contributed by atoms with Gasteiger partial charge in [0.25, 0.3) is 0 Å². The topological polar surface area (TPSA) is 85.6 Å². The number of rotatable bonds is 3. The maximum Gasteiger partial charge on any atom is 0.410 e. The number of aromatic nitrogens is 4. The molecule has 0 aliphatic carbocycles. The van der Waals surface area contributed by atoms with Crippen LogP contribution in [0.4, 0.5) is 10.6 Å². The van der Waals surface area contributed by atoms with Crippen LogP contribution in [0.25, 0.3) is 16.7 Å². The highest BCUT2D eigenvalue weighted by atomic mass is 16.6. The summed E-state index contributed by atoms with van der Waals surface area (Å²) in [5.74, 6) is 2.86. The molecule has 1 amide bonds. The number of piperidine rings is 1. The van der Waals surface area contributed by atoms with Gasteiger partial charge in [0.2, 0.25) is 0 Å². The minimum Gasteiger partial charge on any atom is -0.444 e. The van der Waals surface area contributed by atoms with Crippen LogP contribution >= 0.6 is 0 Å². The number of carbonyl (C=O) groups is 1. The van der Waals surface area contributed by atoms with Crippen LogP contribution in [-0.4, -0.2) is 74.7 Å². The first kappa shape index (κ1) is 24.2. The largest absolute Gasteiger partial charge is 0.444 e. The Hall–Kier alpha value is -3.20. The summed E-state index contributed by atoms with van der Waals surface area (Å²) in [6.45, 7) is 12.9. The first-order valence-electron chi connectivity index (χ1n) is 13.3. The Bertz CT molecular complexity index is 1340. The highest BCUT2D eigenvalue weighted by Crippen LogP contribution is 2.35. The zero-order chi connectivity index (χ0) is 25.9. The molecule has 0 N–H and O–H groups in total. The SMILES string of the molecule is Cc1nc(N2C[C@H]3C[C@@H]2CO3)cc(-n2ncc3cc(C)c(C4CCN(C(=O)OC(C)(C)C)CC4)cc32)n1. The summed E-state index contributed by atoms with van der Waals surface area (Å²) in [5.41, 5.74) is 3.15. The van der Waals surface area contributed by atoms with E-state index in [1.807, 2.05) is 43.5 Å². The fourth-order valence-corrected chi connectivity index (χ4v) is 6.00. The molecule has 0 saturated carbocycles. The van der Waals surface area contributed by atoms with Crippen LogP contribution in [0.15, 0.2) is 24.4 Å². The van der Waals surface area contributed by atoms with Crippen molar-refractivity contribution in [2.75, 3.05) is 31.1 Å². The fourth-order valence-electron chi connectivity index (χ4n) is 6.00. The first-order valence-corrected chi connectivity index (χ1v) is 13.3. The van der Waals surface area contributed by atoms with Gasteiger partial charge in [-0.3, -0.25) is 0 Å². The van der Waals surface area contributed by atoms with Crippen molar-refractivity contribution in [1.29, 1.82) is 0 Å². The molecule has 37 heavy (non-hydrogen) atoms. The molecule has 3 aromatic rings. The molecule has 9 heteroatoms. The summed E-state index contributed by atoms with van der Waals surface area (Å²) in [4.78, 5) is 26.2. The van der Waals surface area contributed by atoms with Crippen molar-refractivity contribution in [3.8, 4) is 5.82 Å². The van der Waals surface area contributed by atoms with E-state index in [0.717, 1.165) is 60.8 Å². The lowest BCUT2D eigenvalue weighted by Gasteiger charge is -2.34. The van der Waals surface area contributed by atoms with E-state index in [2.05, 4.69) is 30.0 Å². The number of ether oxygens (including phenoxy) is 2. The third-order valence-electron chi connectivity index (χ3n) is 7.76. The van der Waals surface area contributed by atoms with E-state index in [-0.39, 0.29) is 6.09 Å². The predicted molar refractivity (Wildman–Crippen MR) is 141 cm³/mol. The standard InChI is InChI=1S/C28H36N6O3/c1-17-10-20-14-29-34(26-13-25(30-18(2)31-26)33-15-22-11-21(33)16-36-22)24(20)12-23(17)19-6-8-32(9-7-19)27(35)37-28(3,4)5/h10,12-14,19,21-22H,6-9,11,15-16H2,1-5H3/t21-,22-/m1/s1. The molecule has 196 valence electrons. The number of carbonyl (C=O) groups excluding carboxylic acids is 1. The second kappa shape index (κ2) is 8.97. The van der Waals surface area contributed by atoms with Gasteiger partial charge in [0.1, 0.15) is 17.2 Å². The normalized spacial score (nSPS) is 22.3. The van der Waals surface area contributed by atoms with Crippen molar-refractivity contribution in [3.05, 3.63) is 41.3 Å². The number of amides is 1. The third kappa shape index (κ3) is 4.65. The number of anilines is 1. The van der Waals surface area contributed by atoms with Crippen LogP contribution in [0.3, 0.4) is 0 Å². The van der Waals surface area contributed by atoms with Crippen LogP contribution in [-0.2, 0) is 9.47 Å². The molecule has 1 aromatic carbocycles. The van der Waals surface area contributed by atoms with Gasteiger partial charge in [-0.25, -0.2) is 19.4 Å². The fraction of sp³-hybridized carbons (Fsp3) is 0.571. The number of benzene rings is 1. The zero-order valence-corrected chi connectivity index (χ0v) is 22.4. The van der Waals surface area contributed by atoms with Gasteiger partial charge in [0.05, 0.1) is 30.5 Å². The predicted octanol–water partition coefficient (Wildman–Crippen LogP) is 4.52. The van der Waals surface area contributed by atoms with Gasteiger partial charge < -0.3 is 19.3 Å². The van der Waals surface area contributed by atoms with Crippen LogP contribution in [0.2, 0.25) is 0 Å². The summed E-state index contributed by atoms with van der Waals surface area (Å²) < 4.78 is 13.3. The second-order valence-corrected chi connectivity index (χ2v) is 11.7. The Balaban J connectivity index is 1.26. The number of hydrogen-bond acceptors (Lipinski definition) is 7. The van der Waals surface area contributed by atoms with E-state index in [4.69, 9.17) is 24.5 Å². The third-order valence-corrected chi connectivity index (χ3v) is 7.76. The molecule has 0 radical (unpaired) electrons. The molecule has 6 rings (SSSR count). The Kier molecular flexibility index (Phi) is 5.86. The summed E-state index contributed by atoms with van der Waals surface area (Å²) >= 11 is 0. The molecule has 3 aliphatic rings. The zero-order valence-electron chi connectivity index (χ0n) is 22.4. The van der Waals surface area contributed by atoms with Crippen LogP contribution in [0, 0.1) is 13.8 Å². The van der Waals surface area contributed by atoms with Gasteiger partial charge in [0, 0.05) is 31.1 Å². The Labute approximate surface area is 217 Å². The van der Waals surface area contributed by atoms with Gasteiger partial charge in [0.15, 0.2) is 5.82 Å². The molecule has 9 nitrogen and oxygen atoms in total. The van der Waals surface area contributed by atoms with Gasteiger partial charge in [-0.15, -0.1) is 0 Å². The monoisotopic (exact) mass is 504 g/mol. The lowest BCUT2D eigenvalue weighted by atomic mass is 9.86. The molecule has 2 atom stereocenters. The Morgan fingerprint density at radius 1 is 1.08 bits per heavy atom. The number of morpholine rings is 1. The maximum atomic E-state index is 12.5. The van der Waals surface area contributed by atoms with Crippen LogP contribution < -0.4 is 4.90 Å². The summed E-state index contributed by atoms with van der Waals surface area (Å²) in [7, 11) is 0. The number of hydrogen-bond donors (Lipinski definition) is 0. The smallest absolute Gasteiger partial charge is 0.410 e. The van der Waals surface area contributed by atoms with Crippen molar-refractivity contribution >= 4 is 22.8 Å². The highest BCUT2D eigenvalue weighted by molar-refractivity contribution is 5.82. The van der Waals surface area contributed by atoms with Crippen molar-refractivity contribution < 1.29 is 14.3 Å². The quantitative estimate of drug-likeness (QED) is 0.518. The lowest BCUT2D eigenvalue weighted by Crippen LogP contribution is -2.41. The summed E-state index contributed by atoms with van der Waals surface area (Å²) in [5, 5.41) is 5.83. The average molecular weight is 505 g/mol. The molecular formula is C28H36N6O3. The molecule has 3 saturated heterocycles. The van der Waals surface area contributed by atoms with Crippen molar-refractivity contribution in [2.45, 2.75) is 77.5 Å². The average Bonchev–Trinajstić information content (AvgIpc) is 3.58. The second-order valence-electron chi connectivity index (χ2n) is 11.7. The Morgan fingerprint density at radius 3 is 2.51 bits per heavy atom. The van der Waals surface area contributed by atoms with E-state index in [0.29, 0.717) is 31.2 Å². The van der Waals surface area contributed by atoms with E-state index in [1.54, 1.807) is 0 Å². The molecule has 3 fully saturated rings. The van der Waals surface area contributed by atoms with Crippen molar-refractivity contribution in [1.82, 2.24) is 24.6 Å². The summed E-state index contributed by atoms with van der Waals surface area (Å²) in [6, 6.07) is 6.94. The number of fused-ring (bicyclic) bond motifs is 3. The number of likely N-dealkylation sites (tertiary alicyclic amines) is 1. The van der Waals surface area contributed by atoms with E-state index < -0.39 is 5.60 Å². The highest BCUT2D eigenvalue weighted by Gasteiger charge is 2.40. The first-order chi connectivity index (χ1) is 17.6.